The lowest BCUT2D eigenvalue weighted by Crippen LogP contribution is -2.48. The van der Waals surface area contributed by atoms with E-state index in [2.05, 4.69) is 42.5 Å². The van der Waals surface area contributed by atoms with E-state index in [0.29, 0.717) is 19.6 Å². The van der Waals surface area contributed by atoms with Crippen molar-refractivity contribution in [3.8, 4) is 0 Å². The van der Waals surface area contributed by atoms with Gasteiger partial charge in [0.2, 0.25) is 5.91 Å². The minimum atomic E-state index is 0. The summed E-state index contributed by atoms with van der Waals surface area (Å²) in [4.78, 5) is 14.9. The highest BCUT2D eigenvalue weighted by Gasteiger charge is 2.36. The summed E-state index contributed by atoms with van der Waals surface area (Å²) >= 11 is 0. The van der Waals surface area contributed by atoms with Crippen LogP contribution < -0.4 is 5.73 Å². The molecule has 28 heavy (non-hydrogen) atoms. The van der Waals surface area contributed by atoms with E-state index in [1.54, 1.807) is 0 Å². The second-order valence-corrected chi connectivity index (χ2v) is 7.81. The maximum absolute atomic E-state index is 12.8. The molecule has 5 heteroatoms. The number of ether oxygens (including phenoxy) is 1. The zero-order chi connectivity index (χ0) is 18.7. The SMILES string of the molecule is Cl.NCC1(c2ccccc2)CCN(C(=O)Cc2ccc3c(c2)CCOC3)CC1. The zero-order valence-corrected chi connectivity index (χ0v) is 17.0. The molecule has 0 atom stereocenters. The Hall–Kier alpha value is -1.88. The second-order valence-electron chi connectivity index (χ2n) is 7.81. The summed E-state index contributed by atoms with van der Waals surface area (Å²) in [5.74, 6) is 0.223. The molecule has 4 rings (SSSR count). The van der Waals surface area contributed by atoms with E-state index in [9.17, 15) is 4.79 Å². The van der Waals surface area contributed by atoms with Gasteiger partial charge < -0.3 is 15.4 Å². The van der Waals surface area contributed by atoms with Gasteiger partial charge in [0, 0.05) is 25.0 Å². The van der Waals surface area contributed by atoms with Gasteiger partial charge in [-0.1, -0.05) is 48.5 Å². The number of hydrogen-bond donors (Lipinski definition) is 1. The third kappa shape index (κ3) is 4.24. The maximum atomic E-state index is 12.8. The van der Waals surface area contributed by atoms with Crippen molar-refractivity contribution >= 4 is 18.3 Å². The molecule has 0 aromatic heterocycles. The molecule has 0 aliphatic carbocycles. The average Bonchev–Trinajstić information content (AvgIpc) is 2.74. The molecule has 2 aromatic rings. The molecule has 0 saturated carbocycles. The lowest BCUT2D eigenvalue weighted by atomic mass is 9.73. The number of likely N-dealkylation sites (tertiary alicyclic amines) is 1. The molecular weight excluding hydrogens is 372 g/mol. The molecule has 1 amide bonds. The Balaban J connectivity index is 0.00000225. The van der Waals surface area contributed by atoms with Crippen LogP contribution in [0.15, 0.2) is 48.5 Å². The Kier molecular flexibility index (Phi) is 6.76. The second kappa shape index (κ2) is 9.08. The monoisotopic (exact) mass is 400 g/mol. The van der Waals surface area contributed by atoms with Crippen LogP contribution in [-0.2, 0) is 34.4 Å². The number of fused-ring (bicyclic) bond motifs is 1. The van der Waals surface area contributed by atoms with Crippen LogP contribution in [0, 0.1) is 0 Å². The van der Waals surface area contributed by atoms with E-state index < -0.39 is 0 Å². The van der Waals surface area contributed by atoms with Crippen molar-refractivity contribution in [2.24, 2.45) is 5.73 Å². The average molecular weight is 401 g/mol. The predicted octanol–water partition coefficient (Wildman–Crippen LogP) is 3.24. The summed E-state index contributed by atoms with van der Waals surface area (Å²) in [6, 6.07) is 16.9. The van der Waals surface area contributed by atoms with Crippen LogP contribution in [0.3, 0.4) is 0 Å². The number of nitrogens with zero attached hydrogens (tertiary/aromatic N) is 1. The fourth-order valence-corrected chi connectivity index (χ4v) is 4.40. The molecule has 0 spiro atoms. The van der Waals surface area contributed by atoms with Crippen LogP contribution in [0.5, 0.6) is 0 Å². The fraction of sp³-hybridized carbons (Fsp3) is 0.435. The number of carbonyl (C=O) groups is 1. The first-order valence-electron chi connectivity index (χ1n) is 9.92. The minimum absolute atomic E-state index is 0. The Labute approximate surface area is 173 Å². The van der Waals surface area contributed by atoms with Crippen LogP contribution in [0.2, 0.25) is 0 Å². The molecule has 150 valence electrons. The highest BCUT2D eigenvalue weighted by Crippen LogP contribution is 2.34. The predicted molar refractivity (Wildman–Crippen MR) is 114 cm³/mol. The fourth-order valence-electron chi connectivity index (χ4n) is 4.40. The molecule has 1 saturated heterocycles. The van der Waals surface area contributed by atoms with E-state index in [1.165, 1.54) is 16.7 Å². The highest BCUT2D eigenvalue weighted by molar-refractivity contribution is 5.85. The van der Waals surface area contributed by atoms with E-state index in [-0.39, 0.29) is 23.7 Å². The molecule has 2 heterocycles. The standard InChI is InChI=1S/C23H28N2O2.ClH/c24-17-23(21-4-2-1-3-5-21)9-11-25(12-10-23)22(26)15-18-6-7-20-16-27-13-8-19(20)14-18;/h1-7,14H,8-13,15-17,24H2;1H. The first kappa shape index (κ1) is 20.8. The summed E-state index contributed by atoms with van der Waals surface area (Å²) in [6.07, 6.45) is 3.29. The van der Waals surface area contributed by atoms with Gasteiger partial charge in [-0.15, -0.1) is 12.4 Å². The third-order valence-electron chi connectivity index (χ3n) is 6.25. The van der Waals surface area contributed by atoms with Crippen LogP contribution in [0.4, 0.5) is 0 Å². The molecule has 0 unspecified atom stereocenters. The molecular formula is C23H29ClN2O2. The van der Waals surface area contributed by atoms with Gasteiger partial charge in [0.15, 0.2) is 0 Å². The normalized spacial score (nSPS) is 18.1. The smallest absolute Gasteiger partial charge is 0.226 e. The quantitative estimate of drug-likeness (QED) is 0.857. The van der Waals surface area contributed by atoms with Gasteiger partial charge in [-0.2, -0.15) is 0 Å². The number of halogens is 1. The van der Waals surface area contributed by atoms with Gasteiger partial charge in [-0.3, -0.25) is 4.79 Å². The van der Waals surface area contributed by atoms with Crippen LogP contribution in [0.25, 0.3) is 0 Å². The van der Waals surface area contributed by atoms with Gasteiger partial charge in [-0.05, 0) is 41.5 Å². The molecule has 4 nitrogen and oxygen atoms in total. The molecule has 0 radical (unpaired) electrons. The van der Waals surface area contributed by atoms with Crippen molar-refractivity contribution in [1.82, 2.24) is 4.90 Å². The number of nitrogens with two attached hydrogens (primary N) is 1. The summed E-state index contributed by atoms with van der Waals surface area (Å²) in [7, 11) is 0. The van der Waals surface area contributed by atoms with E-state index in [4.69, 9.17) is 10.5 Å². The molecule has 1 fully saturated rings. The molecule has 2 aliphatic rings. The number of amides is 1. The number of hydrogen-bond acceptors (Lipinski definition) is 3. The summed E-state index contributed by atoms with van der Waals surface area (Å²) in [5.41, 5.74) is 11.2. The van der Waals surface area contributed by atoms with Crippen molar-refractivity contribution in [2.75, 3.05) is 26.2 Å². The lowest BCUT2D eigenvalue weighted by molar-refractivity contribution is -0.132. The molecule has 2 aromatic carbocycles. The summed E-state index contributed by atoms with van der Waals surface area (Å²) < 4.78 is 5.49. The lowest BCUT2D eigenvalue weighted by Gasteiger charge is -2.41. The van der Waals surface area contributed by atoms with Crippen LogP contribution >= 0.6 is 12.4 Å². The van der Waals surface area contributed by atoms with Gasteiger partial charge in [0.1, 0.15) is 0 Å². The number of carbonyl (C=O) groups excluding carboxylic acids is 1. The van der Waals surface area contributed by atoms with Crippen LogP contribution in [-0.4, -0.2) is 37.0 Å². The molecule has 2 aliphatic heterocycles. The Morgan fingerprint density at radius 1 is 1.07 bits per heavy atom. The Bertz CT molecular complexity index is 802. The zero-order valence-electron chi connectivity index (χ0n) is 16.2. The van der Waals surface area contributed by atoms with Gasteiger partial charge in [0.25, 0.3) is 0 Å². The largest absolute Gasteiger partial charge is 0.376 e. The van der Waals surface area contributed by atoms with E-state index in [1.807, 2.05) is 11.0 Å². The molecule has 2 N–H and O–H groups in total. The van der Waals surface area contributed by atoms with Crippen molar-refractivity contribution in [3.63, 3.8) is 0 Å². The Morgan fingerprint density at radius 3 is 2.54 bits per heavy atom. The van der Waals surface area contributed by atoms with Crippen molar-refractivity contribution in [3.05, 3.63) is 70.8 Å². The highest BCUT2D eigenvalue weighted by atomic mass is 35.5. The van der Waals surface area contributed by atoms with Crippen molar-refractivity contribution in [1.29, 1.82) is 0 Å². The summed E-state index contributed by atoms with van der Waals surface area (Å²) in [5, 5.41) is 0. The van der Waals surface area contributed by atoms with Crippen molar-refractivity contribution in [2.45, 2.75) is 37.7 Å². The summed E-state index contributed by atoms with van der Waals surface area (Å²) in [6.45, 7) is 3.66. The van der Waals surface area contributed by atoms with Crippen molar-refractivity contribution < 1.29 is 9.53 Å². The van der Waals surface area contributed by atoms with E-state index in [0.717, 1.165) is 44.5 Å². The first-order chi connectivity index (χ1) is 13.2. The van der Waals surface area contributed by atoms with Gasteiger partial charge in [0.05, 0.1) is 19.6 Å². The first-order valence-corrected chi connectivity index (χ1v) is 9.92. The minimum Gasteiger partial charge on any atom is -0.376 e. The Morgan fingerprint density at radius 2 is 1.82 bits per heavy atom. The number of benzene rings is 2. The van der Waals surface area contributed by atoms with Crippen LogP contribution in [0.1, 0.15) is 35.1 Å². The molecule has 0 bridgehead atoms. The third-order valence-corrected chi connectivity index (χ3v) is 6.25. The number of rotatable bonds is 4. The number of piperidine rings is 1. The van der Waals surface area contributed by atoms with E-state index >= 15 is 0 Å². The van der Waals surface area contributed by atoms with Gasteiger partial charge >= 0.3 is 0 Å². The maximum Gasteiger partial charge on any atom is 0.226 e. The van der Waals surface area contributed by atoms with Gasteiger partial charge in [-0.25, -0.2) is 0 Å². The topological polar surface area (TPSA) is 55.6 Å².